The van der Waals surface area contributed by atoms with Gasteiger partial charge in [0, 0.05) is 6.54 Å². The summed E-state index contributed by atoms with van der Waals surface area (Å²) in [5.74, 6) is 0.379. The number of furan rings is 1. The molecule has 100 valence electrons. The van der Waals surface area contributed by atoms with Crippen LogP contribution in [0.1, 0.15) is 28.0 Å². The molecule has 0 bridgehead atoms. The maximum absolute atomic E-state index is 11.8. The van der Waals surface area contributed by atoms with E-state index in [-0.39, 0.29) is 24.8 Å². The number of nitrogens with one attached hydrogen (secondary N) is 1. The van der Waals surface area contributed by atoms with Gasteiger partial charge in [0.2, 0.25) is 0 Å². The van der Waals surface area contributed by atoms with Gasteiger partial charge >= 0.3 is 0 Å². The van der Waals surface area contributed by atoms with Gasteiger partial charge in [-0.3, -0.25) is 4.79 Å². The second-order valence-corrected chi connectivity index (χ2v) is 4.11. The smallest absolute Gasteiger partial charge is 0.287 e. The Morgan fingerprint density at radius 3 is 2.63 bits per heavy atom. The molecule has 5 nitrogen and oxygen atoms in total. The van der Waals surface area contributed by atoms with E-state index in [9.17, 15) is 9.90 Å². The van der Waals surface area contributed by atoms with Gasteiger partial charge in [0.15, 0.2) is 5.76 Å². The Hall–Kier alpha value is -2.11. The Balaban J connectivity index is 1.90. The number of benzene rings is 1. The van der Waals surface area contributed by atoms with Crippen molar-refractivity contribution in [2.45, 2.75) is 12.6 Å². The first-order valence-electron chi connectivity index (χ1n) is 6.00. The van der Waals surface area contributed by atoms with Crippen molar-refractivity contribution >= 4 is 5.91 Å². The van der Waals surface area contributed by atoms with Crippen LogP contribution < -0.4 is 11.1 Å². The van der Waals surface area contributed by atoms with Gasteiger partial charge in [-0.25, -0.2) is 0 Å². The quantitative estimate of drug-likeness (QED) is 0.753. The molecule has 1 unspecified atom stereocenters. The molecule has 0 saturated carbocycles. The van der Waals surface area contributed by atoms with Crippen LogP contribution in [0.3, 0.4) is 0 Å². The topological polar surface area (TPSA) is 88.5 Å². The third-order valence-corrected chi connectivity index (χ3v) is 2.73. The summed E-state index contributed by atoms with van der Waals surface area (Å²) in [6, 6.07) is 12.4. The number of aliphatic hydroxyl groups excluding tert-OH is 1. The molecule has 2 rings (SSSR count). The minimum Gasteiger partial charge on any atom is -0.455 e. The third kappa shape index (κ3) is 3.43. The fourth-order valence-corrected chi connectivity index (χ4v) is 1.68. The molecule has 5 heteroatoms. The lowest BCUT2D eigenvalue weighted by Crippen LogP contribution is -2.28. The molecule has 1 heterocycles. The highest BCUT2D eigenvalue weighted by molar-refractivity contribution is 5.91. The summed E-state index contributed by atoms with van der Waals surface area (Å²) in [4.78, 5) is 11.8. The zero-order valence-electron chi connectivity index (χ0n) is 10.4. The summed E-state index contributed by atoms with van der Waals surface area (Å²) < 4.78 is 5.21. The van der Waals surface area contributed by atoms with Crippen LogP contribution in [0.15, 0.2) is 46.9 Å². The fraction of sp³-hybridized carbons (Fsp3) is 0.214. The summed E-state index contributed by atoms with van der Waals surface area (Å²) in [5, 5.41) is 12.5. The average Bonchev–Trinajstić information content (AvgIpc) is 2.94. The van der Waals surface area contributed by atoms with Crippen LogP contribution in [-0.4, -0.2) is 17.6 Å². The normalized spacial score (nSPS) is 12.1. The Morgan fingerprint density at radius 2 is 2.00 bits per heavy atom. The number of carbonyl (C=O) groups is 1. The zero-order chi connectivity index (χ0) is 13.7. The maximum atomic E-state index is 11.8. The number of hydrogen-bond donors (Lipinski definition) is 3. The molecule has 1 atom stereocenters. The van der Waals surface area contributed by atoms with Gasteiger partial charge in [-0.05, 0) is 17.7 Å². The predicted molar refractivity (Wildman–Crippen MR) is 70.3 cm³/mol. The molecule has 0 aliphatic rings. The second kappa shape index (κ2) is 6.17. The molecule has 0 radical (unpaired) electrons. The molecule has 19 heavy (non-hydrogen) atoms. The summed E-state index contributed by atoms with van der Waals surface area (Å²) in [6.45, 7) is 0.376. The van der Waals surface area contributed by atoms with Crippen molar-refractivity contribution in [3.05, 3.63) is 59.5 Å². The lowest BCUT2D eigenvalue weighted by Gasteiger charge is -2.11. The fourth-order valence-electron chi connectivity index (χ4n) is 1.68. The van der Waals surface area contributed by atoms with Crippen molar-refractivity contribution in [1.82, 2.24) is 5.32 Å². The van der Waals surface area contributed by atoms with Crippen molar-refractivity contribution in [2.24, 2.45) is 5.73 Å². The Kier molecular flexibility index (Phi) is 4.33. The Labute approximate surface area is 111 Å². The van der Waals surface area contributed by atoms with E-state index in [0.717, 1.165) is 5.56 Å². The highest BCUT2D eigenvalue weighted by Crippen LogP contribution is 2.11. The van der Waals surface area contributed by atoms with Crippen molar-refractivity contribution in [2.75, 3.05) is 6.54 Å². The molecule has 1 aromatic carbocycles. The molecule has 0 fully saturated rings. The monoisotopic (exact) mass is 260 g/mol. The van der Waals surface area contributed by atoms with Crippen LogP contribution >= 0.6 is 0 Å². The molecule has 0 spiro atoms. The summed E-state index contributed by atoms with van der Waals surface area (Å²) in [5.41, 5.74) is 6.15. The van der Waals surface area contributed by atoms with Gasteiger partial charge in [0.05, 0.1) is 12.6 Å². The van der Waals surface area contributed by atoms with Crippen LogP contribution in [0.2, 0.25) is 0 Å². The third-order valence-electron chi connectivity index (χ3n) is 2.73. The molecule has 0 saturated heterocycles. The lowest BCUT2D eigenvalue weighted by molar-refractivity contribution is 0.0887. The molecular formula is C14H16N2O3. The van der Waals surface area contributed by atoms with E-state index in [1.807, 2.05) is 18.2 Å². The standard InChI is InChI=1S/C14H16N2O3/c15-8-11-6-7-13(19-11)14(18)16-9-12(17)10-4-2-1-3-5-10/h1-7,12,17H,8-9,15H2,(H,16,18). The van der Waals surface area contributed by atoms with Gasteiger partial charge in [-0.15, -0.1) is 0 Å². The second-order valence-electron chi connectivity index (χ2n) is 4.11. The number of amides is 1. The van der Waals surface area contributed by atoms with Crippen LogP contribution in [0.4, 0.5) is 0 Å². The molecule has 1 amide bonds. The van der Waals surface area contributed by atoms with E-state index in [4.69, 9.17) is 10.2 Å². The summed E-state index contributed by atoms with van der Waals surface area (Å²) in [6.07, 6.45) is -0.742. The number of aliphatic hydroxyl groups is 1. The molecule has 1 aromatic heterocycles. The van der Waals surface area contributed by atoms with Gasteiger partial charge in [-0.1, -0.05) is 30.3 Å². The van der Waals surface area contributed by atoms with Gasteiger partial charge in [-0.2, -0.15) is 0 Å². The van der Waals surface area contributed by atoms with Gasteiger partial charge < -0.3 is 20.6 Å². The van der Waals surface area contributed by atoms with Crippen LogP contribution in [0.25, 0.3) is 0 Å². The van der Waals surface area contributed by atoms with E-state index < -0.39 is 6.10 Å². The minimum absolute atomic E-state index is 0.126. The van der Waals surface area contributed by atoms with Gasteiger partial charge in [0.25, 0.3) is 5.91 Å². The Bertz CT molecular complexity index is 537. The highest BCUT2D eigenvalue weighted by atomic mass is 16.4. The van der Waals surface area contributed by atoms with Crippen molar-refractivity contribution in [3.63, 3.8) is 0 Å². The average molecular weight is 260 g/mol. The zero-order valence-corrected chi connectivity index (χ0v) is 10.4. The number of rotatable bonds is 5. The molecule has 2 aromatic rings. The van der Waals surface area contributed by atoms with Crippen LogP contribution in [0.5, 0.6) is 0 Å². The number of nitrogens with two attached hydrogens (primary N) is 1. The summed E-state index contributed by atoms with van der Waals surface area (Å²) in [7, 11) is 0. The van der Waals surface area contributed by atoms with Crippen molar-refractivity contribution in [3.8, 4) is 0 Å². The SMILES string of the molecule is NCc1ccc(C(=O)NCC(O)c2ccccc2)o1. The van der Waals surface area contributed by atoms with E-state index >= 15 is 0 Å². The summed E-state index contributed by atoms with van der Waals surface area (Å²) >= 11 is 0. The van der Waals surface area contributed by atoms with E-state index in [1.54, 1.807) is 24.3 Å². The predicted octanol–water partition coefficient (Wildman–Crippen LogP) is 1.20. The molecular weight excluding hydrogens is 244 g/mol. The first-order chi connectivity index (χ1) is 9.20. The number of carbonyl (C=O) groups excluding carboxylic acids is 1. The molecule has 4 N–H and O–H groups in total. The first kappa shape index (κ1) is 13.3. The van der Waals surface area contributed by atoms with E-state index in [0.29, 0.717) is 5.76 Å². The van der Waals surface area contributed by atoms with Crippen LogP contribution in [0, 0.1) is 0 Å². The highest BCUT2D eigenvalue weighted by Gasteiger charge is 2.13. The molecule has 0 aliphatic carbocycles. The minimum atomic E-state index is -0.742. The van der Waals surface area contributed by atoms with Crippen LogP contribution in [-0.2, 0) is 6.54 Å². The number of hydrogen-bond acceptors (Lipinski definition) is 4. The lowest BCUT2D eigenvalue weighted by atomic mass is 10.1. The van der Waals surface area contributed by atoms with E-state index in [2.05, 4.69) is 5.32 Å². The van der Waals surface area contributed by atoms with E-state index in [1.165, 1.54) is 0 Å². The van der Waals surface area contributed by atoms with Crippen molar-refractivity contribution < 1.29 is 14.3 Å². The first-order valence-corrected chi connectivity index (χ1v) is 6.00. The maximum Gasteiger partial charge on any atom is 0.287 e. The Morgan fingerprint density at radius 1 is 1.26 bits per heavy atom. The van der Waals surface area contributed by atoms with Crippen molar-refractivity contribution in [1.29, 1.82) is 0 Å². The largest absolute Gasteiger partial charge is 0.455 e. The molecule has 0 aliphatic heterocycles. The van der Waals surface area contributed by atoms with Gasteiger partial charge in [0.1, 0.15) is 5.76 Å².